The van der Waals surface area contributed by atoms with Crippen LogP contribution in [0.15, 0.2) is 42.5 Å². The van der Waals surface area contributed by atoms with Gasteiger partial charge in [0.2, 0.25) is 0 Å². The molecule has 2 aromatic carbocycles. The third kappa shape index (κ3) is 4.27. The van der Waals surface area contributed by atoms with E-state index in [4.69, 9.17) is 15.8 Å². The molecule has 0 radical (unpaired) electrons. The lowest BCUT2D eigenvalue weighted by molar-refractivity contribution is 1.21. The second kappa shape index (κ2) is 8.49. The maximum atomic E-state index is 9.11. The Morgan fingerprint density at radius 2 is 1.43 bits per heavy atom. The predicted molar refractivity (Wildman–Crippen MR) is 91.7 cm³/mol. The Morgan fingerprint density at radius 1 is 0.826 bits per heavy atom. The summed E-state index contributed by atoms with van der Waals surface area (Å²) >= 11 is 1.70. The van der Waals surface area contributed by atoms with Gasteiger partial charge in [0.15, 0.2) is 0 Å². The van der Waals surface area contributed by atoms with Crippen molar-refractivity contribution in [3.8, 4) is 18.2 Å². The quantitative estimate of drug-likeness (QED) is 0.822. The summed E-state index contributed by atoms with van der Waals surface area (Å²) in [6.45, 7) is 0.646. The summed E-state index contributed by atoms with van der Waals surface area (Å²) in [6.07, 6.45) is 0. The molecule has 23 heavy (non-hydrogen) atoms. The van der Waals surface area contributed by atoms with E-state index >= 15 is 0 Å². The van der Waals surface area contributed by atoms with Crippen molar-refractivity contribution < 1.29 is 0 Å². The van der Waals surface area contributed by atoms with E-state index < -0.39 is 0 Å². The van der Waals surface area contributed by atoms with Gasteiger partial charge in [-0.05, 0) is 23.8 Å². The Balaban J connectivity index is 1.89. The van der Waals surface area contributed by atoms with Gasteiger partial charge in [-0.3, -0.25) is 0 Å². The maximum absolute atomic E-state index is 9.11. The van der Waals surface area contributed by atoms with Crippen molar-refractivity contribution in [2.24, 2.45) is 0 Å². The maximum Gasteiger partial charge on any atom is 0.101 e. The number of hydrogen-bond acceptors (Lipinski definition) is 5. The molecule has 0 spiro atoms. The highest BCUT2D eigenvalue weighted by atomic mass is 32.2. The number of thioether (sulfide) groups is 1. The lowest BCUT2D eigenvalue weighted by Crippen LogP contribution is -2.07. The van der Waals surface area contributed by atoms with Crippen molar-refractivity contribution in [1.29, 1.82) is 15.8 Å². The van der Waals surface area contributed by atoms with Crippen LogP contribution in [0.2, 0.25) is 0 Å². The van der Waals surface area contributed by atoms with E-state index in [0.717, 1.165) is 17.1 Å². The number of para-hydroxylation sites is 1. The van der Waals surface area contributed by atoms with E-state index in [1.165, 1.54) is 0 Å². The van der Waals surface area contributed by atoms with Crippen molar-refractivity contribution in [1.82, 2.24) is 0 Å². The fourth-order valence-electron chi connectivity index (χ4n) is 2.11. The number of nitrogens with one attached hydrogen (secondary N) is 1. The van der Waals surface area contributed by atoms with Crippen molar-refractivity contribution in [2.45, 2.75) is 5.75 Å². The standard InChI is InChI=1S/C18H14N4S/c19-10-14-4-1-2-5-17(14)13-23-9-8-22-18-15(11-20)6-3-7-16(18)12-21/h1-7,22H,8-9,13H2. The summed E-state index contributed by atoms with van der Waals surface area (Å²) in [5, 5.41) is 30.4. The van der Waals surface area contributed by atoms with Crippen LogP contribution >= 0.6 is 11.8 Å². The summed E-state index contributed by atoms with van der Waals surface area (Å²) in [6, 6.07) is 19.0. The number of nitrogens with zero attached hydrogens (tertiary/aromatic N) is 3. The first-order valence-electron chi connectivity index (χ1n) is 7.03. The van der Waals surface area contributed by atoms with Gasteiger partial charge < -0.3 is 5.32 Å². The highest BCUT2D eigenvalue weighted by Gasteiger charge is 2.07. The zero-order valence-corrected chi connectivity index (χ0v) is 13.2. The predicted octanol–water partition coefficient (Wildman–Crippen LogP) is 3.65. The average Bonchev–Trinajstić information content (AvgIpc) is 2.61. The first-order chi connectivity index (χ1) is 11.3. The van der Waals surface area contributed by atoms with Crippen LogP contribution in [-0.2, 0) is 5.75 Å². The summed E-state index contributed by atoms with van der Waals surface area (Å²) in [4.78, 5) is 0. The summed E-state index contributed by atoms with van der Waals surface area (Å²) in [5.74, 6) is 1.57. The lowest BCUT2D eigenvalue weighted by atomic mass is 10.1. The molecule has 0 bridgehead atoms. The number of rotatable bonds is 6. The average molecular weight is 318 g/mol. The second-order valence-electron chi connectivity index (χ2n) is 4.70. The van der Waals surface area contributed by atoms with Crippen molar-refractivity contribution in [3.05, 3.63) is 64.7 Å². The molecule has 0 saturated carbocycles. The molecule has 0 heterocycles. The third-order valence-corrected chi connectivity index (χ3v) is 4.26. The minimum absolute atomic E-state index is 0.476. The van der Waals surface area contributed by atoms with E-state index in [1.807, 2.05) is 24.3 Å². The van der Waals surface area contributed by atoms with E-state index in [0.29, 0.717) is 28.9 Å². The van der Waals surface area contributed by atoms with Crippen molar-refractivity contribution in [2.75, 3.05) is 17.6 Å². The Hall–Kier alpha value is -2.94. The summed E-state index contributed by atoms with van der Waals surface area (Å²) in [5.41, 5.74) is 3.27. The molecule has 0 aliphatic rings. The molecule has 0 fully saturated rings. The topological polar surface area (TPSA) is 83.4 Å². The third-order valence-electron chi connectivity index (χ3n) is 3.25. The number of hydrogen-bond donors (Lipinski definition) is 1. The molecule has 0 aliphatic carbocycles. The molecule has 0 aliphatic heterocycles. The minimum Gasteiger partial charge on any atom is -0.382 e. The van der Waals surface area contributed by atoms with Gasteiger partial charge in [-0.15, -0.1) is 0 Å². The molecule has 1 N–H and O–H groups in total. The van der Waals surface area contributed by atoms with Crippen LogP contribution in [0.3, 0.4) is 0 Å². The summed E-state index contributed by atoms with van der Waals surface area (Å²) < 4.78 is 0. The zero-order chi connectivity index (χ0) is 16.5. The Kier molecular flexibility index (Phi) is 6.07. The number of benzene rings is 2. The van der Waals surface area contributed by atoms with Crippen molar-refractivity contribution >= 4 is 17.4 Å². The fraction of sp³-hybridized carbons (Fsp3) is 0.167. The molecule has 0 saturated heterocycles. The Bertz CT molecular complexity index is 777. The molecule has 0 unspecified atom stereocenters. The molecular formula is C18H14N4S. The normalized spacial score (nSPS) is 9.43. The SMILES string of the molecule is N#Cc1ccccc1CSCCNc1c(C#N)cccc1C#N. The smallest absolute Gasteiger partial charge is 0.101 e. The number of nitriles is 3. The first-order valence-corrected chi connectivity index (χ1v) is 8.18. The molecule has 2 aromatic rings. The molecule has 0 atom stereocenters. The van der Waals surface area contributed by atoms with E-state index in [9.17, 15) is 0 Å². The minimum atomic E-state index is 0.476. The molecule has 0 aromatic heterocycles. The van der Waals surface area contributed by atoms with Crippen LogP contribution in [0, 0.1) is 34.0 Å². The van der Waals surface area contributed by atoms with Crippen LogP contribution in [0.25, 0.3) is 0 Å². The molecule has 2 rings (SSSR count). The fourth-order valence-corrected chi connectivity index (χ4v) is 2.98. The molecule has 5 heteroatoms. The van der Waals surface area contributed by atoms with Gasteiger partial charge in [0.25, 0.3) is 0 Å². The zero-order valence-electron chi connectivity index (χ0n) is 12.4. The number of anilines is 1. The Labute approximate surface area is 140 Å². The largest absolute Gasteiger partial charge is 0.382 e. The van der Waals surface area contributed by atoms with Crippen LogP contribution in [0.4, 0.5) is 5.69 Å². The van der Waals surface area contributed by atoms with E-state index in [1.54, 1.807) is 30.0 Å². The monoisotopic (exact) mass is 318 g/mol. The highest BCUT2D eigenvalue weighted by molar-refractivity contribution is 7.98. The molecule has 0 amide bonds. The highest BCUT2D eigenvalue weighted by Crippen LogP contribution is 2.20. The van der Waals surface area contributed by atoms with Crippen LogP contribution < -0.4 is 5.32 Å². The van der Waals surface area contributed by atoms with Gasteiger partial charge in [-0.2, -0.15) is 27.5 Å². The summed E-state index contributed by atoms with van der Waals surface area (Å²) in [7, 11) is 0. The van der Waals surface area contributed by atoms with Crippen LogP contribution in [-0.4, -0.2) is 12.3 Å². The lowest BCUT2D eigenvalue weighted by Gasteiger charge is -2.10. The van der Waals surface area contributed by atoms with Gasteiger partial charge in [0.1, 0.15) is 12.1 Å². The van der Waals surface area contributed by atoms with Gasteiger partial charge in [-0.25, -0.2) is 0 Å². The van der Waals surface area contributed by atoms with Gasteiger partial charge in [-0.1, -0.05) is 24.3 Å². The Morgan fingerprint density at radius 3 is 2.09 bits per heavy atom. The van der Waals surface area contributed by atoms with Gasteiger partial charge in [0.05, 0.1) is 28.4 Å². The molecule has 4 nitrogen and oxygen atoms in total. The molecular weight excluding hydrogens is 304 g/mol. The second-order valence-corrected chi connectivity index (χ2v) is 5.81. The molecule has 112 valence electrons. The van der Waals surface area contributed by atoms with Gasteiger partial charge >= 0.3 is 0 Å². The van der Waals surface area contributed by atoms with E-state index in [2.05, 4.69) is 23.5 Å². The first kappa shape index (κ1) is 16.4. The van der Waals surface area contributed by atoms with Crippen molar-refractivity contribution in [3.63, 3.8) is 0 Å². The van der Waals surface area contributed by atoms with E-state index in [-0.39, 0.29) is 0 Å². The van der Waals surface area contributed by atoms with Gasteiger partial charge in [0, 0.05) is 18.1 Å². The van der Waals surface area contributed by atoms with Crippen LogP contribution in [0.5, 0.6) is 0 Å². The van der Waals surface area contributed by atoms with Crippen LogP contribution in [0.1, 0.15) is 22.3 Å².